The van der Waals surface area contributed by atoms with Gasteiger partial charge in [-0.1, -0.05) is 26.0 Å². The van der Waals surface area contributed by atoms with Crippen LogP contribution in [0.3, 0.4) is 0 Å². The summed E-state index contributed by atoms with van der Waals surface area (Å²) in [6.45, 7) is 6.35. The lowest BCUT2D eigenvalue weighted by atomic mass is 9.88. The first-order chi connectivity index (χ1) is 7.58. The Bertz CT molecular complexity index is 300. The van der Waals surface area contributed by atoms with E-state index in [2.05, 4.69) is 13.8 Å². The lowest BCUT2D eigenvalue weighted by Crippen LogP contribution is -2.44. The SMILES string of the molecule is CC1CCN(C(=O)C2C=CC(N)C2)CC1C. The van der Waals surface area contributed by atoms with Crippen LogP contribution in [0.15, 0.2) is 12.2 Å². The molecule has 0 spiro atoms. The Hall–Kier alpha value is -0.830. The third-order valence-corrected chi connectivity index (χ3v) is 4.08. The molecular weight excluding hydrogens is 200 g/mol. The molecule has 0 radical (unpaired) electrons. The number of rotatable bonds is 1. The first-order valence-corrected chi connectivity index (χ1v) is 6.30. The molecule has 2 N–H and O–H groups in total. The van der Waals surface area contributed by atoms with Gasteiger partial charge in [-0.05, 0) is 24.7 Å². The second kappa shape index (κ2) is 4.58. The molecule has 0 bridgehead atoms. The van der Waals surface area contributed by atoms with Crippen LogP contribution in [0.1, 0.15) is 26.7 Å². The standard InChI is InChI=1S/C13H22N2O/c1-9-5-6-15(8-10(9)2)13(16)11-3-4-12(14)7-11/h3-4,9-12H,5-8,14H2,1-2H3. The maximum atomic E-state index is 12.2. The minimum Gasteiger partial charge on any atom is -0.342 e. The predicted molar refractivity (Wildman–Crippen MR) is 64.7 cm³/mol. The van der Waals surface area contributed by atoms with Crippen LogP contribution in [-0.4, -0.2) is 29.9 Å². The van der Waals surface area contributed by atoms with Gasteiger partial charge in [-0.2, -0.15) is 0 Å². The fourth-order valence-electron chi connectivity index (χ4n) is 2.61. The molecule has 4 unspecified atom stereocenters. The first-order valence-electron chi connectivity index (χ1n) is 6.30. The second-order valence-electron chi connectivity index (χ2n) is 5.42. The topological polar surface area (TPSA) is 46.3 Å². The third kappa shape index (κ3) is 2.29. The van der Waals surface area contributed by atoms with Crippen molar-refractivity contribution >= 4 is 5.91 Å². The van der Waals surface area contributed by atoms with Crippen molar-refractivity contribution in [3.8, 4) is 0 Å². The molecule has 1 amide bonds. The van der Waals surface area contributed by atoms with E-state index in [-0.39, 0.29) is 17.9 Å². The minimum absolute atomic E-state index is 0.0376. The van der Waals surface area contributed by atoms with E-state index < -0.39 is 0 Å². The van der Waals surface area contributed by atoms with Gasteiger partial charge in [0.25, 0.3) is 0 Å². The molecule has 3 heteroatoms. The van der Waals surface area contributed by atoms with E-state index in [0.717, 1.165) is 31.8 Å². The minimum atomic E-state index is 0.0376. The molecule has 1 fully saturated rings. The molecule has 1 aliphatic carbocycles. The predicted octanol–water partition coefficient (Wildman–Crippen LogP) is 1.39. The van der Waals surface area contributed by atoms with Crippen molar-refractivity contribution in [2.75, 3.05) is 13.1 Å². The molecule has 3 nitrogen and oxygen atoms in total. The first kappa shape index (κ1) is 11.6. The molecule has 1 saturated heterocycles. The average Bonchev–Trinajstić information content (AvgIpc) is 2.68. The Morgan fingerprint density at radius 2 is 2.06 bits per heavy atom. The maximum absolute atomic E-state index is 12.2. The van der Waals surface area contributed by atoms with E-state index >= 15 is 0 Å². The van der Waals surface area contributed by atoms with Crippen LogP contribution in [0.5, 0.6) is 0 Å². The van der Waals surface area contributed by atoms with Gasteiger partial charge < -0.3 is 10.6 Å². The Morgan fingerprint density at radius 3 is 2.62 bits per heavy atom. The summed E-state index contributed by atoms with van der Waals surface area (Å²) in [5, 5.41) is 0. The highest BCUT2D eigenvalue weighted by Gasteiger charge is 2.31. The van der Waals surface area contributed by atoms with Crippen molar-refractivity contribution in [1.82, 2.24) is 4.90 Å². The van der Waals surface area contributed by atoms with Crippen molar-refractivity contribution in [1.29, 1.82) is 0 Å². The van der Waals surface area contributed by atoms with Crippen LogP contribution < -0.4 is 5.73 Å². The zero-order valence-electron chi connectivity index (χ0n) is 10.2. The molecule has 16 heavy (non-hydrogen) atoms. The highest BCUT2D eigenvalue weighted by atomic mass is 16.2. The summed E-state index contributed by atoms with van der Waals surface area (Å²) in [5.74, 6) is 1.68. The lowest BCUT2D eigenvalue weighted by molar-refractivity contribution is -0.136. The Labute approximate surface area is 97.7 Å². The smallest absolute Gasteiger partial charge is 0.229 e. The van der Waals surface area contributed by atoms with Gasteiger partial charge in [-0.25, -0.2) is 0 Å². The highest BCUT2D eigenvalue weighted by molar-refractivity contribution is 5.81. The number of carbonyl (C=O) groups is 1. The summed E-state index contributed by atoms with van der Waals surface area (Å²) in [5.41, 5.74) is 5.78. The summed E-state index contributed by atoms with van der Waals surface area (Å²) >= 11 is 0. The van der Waals surface area contributed by atoms with E-state index in [0.29, 0.717) is 5.92 Å². The highest BCUT2D eigenvalue weighted by Crippen LogP contribution is 2.26. The van der Waals surface area contributed by atoms with Crippen molar-refractivity contribution < 1.29 is 4.79 Å². The number of likely N-dealkylation sites (tertiary alicyclic amines) is 1. The van der Waals surface area contributed by atoms with E-state index in [4.69, 9.17) is 5.73 Å². The van der Waals surface area contributed by atoms with Crippen molar-refractivity contribution in [2.24, 2.45) is 23.5 Å². The largest absolute Gasteiger partial charge is 0.342 e. The van der Waals surface area contributed by atoms with Gasteiger partial charge in [0.1, 0.15) is 0 Å². The fraction of sp³-hybridized carbons (Fsp3) is 0.769. The van der Waals surface area contributed by atoms with Gasteiger partial charge in [0.05, 0.1) is 5.92 Å². The maximum Gasteiger partial charge on any atom is 0.229 e. The number of hydrogen-bond acceptors (Lipinski definition) is 2. The molecule has 0 aromatic heterocycles. The van der Waals surface area contributed by atoms with Crippen molar-refractivity contribution in [2.45, 2.75) is 32.7 Å². The second-order valence-corrected chi connectivity index (χ2v) is 5.42. The van der Waals surface area contributed by atoms with Crippen LogP contribution >= 0.6 is 0 Å². The van der Waals surface area contributed by atoms with Gasteiger partial charge in [0.2, 0.25) is 5.91 Å². The molecule has 1 aliphatic heterocycles. The van der Waals surface area contributed by atoms with E-state index in [1.165, 1.54) is 0 Å². The number of nitrogens with zero attached hydrogens (tertiary/aromatic N) is 1. The van der Waals surface area contributed by atoms with E-state index in [1.54, 1.807) is 0 Å². The van der Waals surface area contributed by atoms with Crippen LogP contribution in [0.2, 0.25) is 0 Å². The average molecular weight is 222 g/mol. The number of carbonyl (C=O) groups excluding carboxylic acids is 1. The fourth-order valence-corrected chi connectivity index (χ4v) is 2.61. The summed E-state index contributed by atoms with van der Waals surface area (Å²) in [6.07, 6.45) is 5.86. The monoisotopic (exact) mass is 222 g/mol. The molecule has 4 atom stereocenters. The number of nitrogens with two attached hydrogens (primary N) is 1. The molecule has 2 aliphatic rings. The van der Waals surface area contributed by atoms with Crippen LogP contribution in [0.25, 0.3) is 0 Å². The summed E-state index contributed by atoms with van der Waals surface area (Å²) in [6, 6.07) is 0.0788. The number of amides is 1. The van der Waals surface area contributed by atoms with Crippen molar-refractivity contribution in [3.63, 3.8) is 0 Å². The van der Waals surface area contributed by atoms with Gasteiger partial charge in [0.15, 0.2) is 0 Å². The Balaban J connectivity index is 1.93. The van der Waals surface area contributed by atoms with Crippen LogP contribution in [-0.2, 0) is 4.79 Å². The van der Waals surface area contributed by atoms with Gasteiger partial charge in [-0.3, -0.25) is 4.79 Å². The normalized spacial score (nSPS) is 39.1. The summed E-state index contributed by atoms with van der Waals surface area (Å²) in [4.78, 5) is 14.2. The molecule has 0 aromatic carbocycles. The quantitative estimate of drug-likeness (QED) is 0.682. The van der Waals surface area contributed by atoms with Gasteiger partial charge in [0, 0.05) is 19.1 Å². The van der Waals surface area contributed by atoms with Crippen LogP contribution in [0, 0.1) is 17.8 Å². The Kier molecular flexibility index (Phi) is 3.33. The zero-order valence-corrected chi connectivity index (χ0v) is 10.2. The van der Waals surface area contributed by atoms with Crippen molar-refractivity contribution in [3.05, 3.63) is 12.2 Å². The van der Waals surface area contributed by atoms with E-state index in [9.17, 15) is 4.79 Å². The molecule has 2 rings (SSSR count). The summed E-state index contributed by atoms with van der Waals surface area (Å²) in [7, 11) is 0. The molecular formula is C13H22N2O. The third-order valence-electron chi connectivity index (χ3n) is 4.08. The van der Waals surface area contributed by atoms with Crippen LogP contribution in [0.4, 0.5) is 0 Å². The molecule has 90 valence electrons. The molecule has 0 aromatic rings. The van der Waals surface area contributed by atoms with E-state index in [1.807, 2.05) is 17.1 Å². The zero-order chi connectivity index (χ0) is 11.7. The van der Waals surface area contributed by atoms with Gasteiger partial charge >= 0.3 is 0 Å². The molecule has 0 saturated carbocycles. The lowest BCUT2D eigenvalue weighted by Gasteiger charge is -2.36. The Morgan fingerprint density at radius 1 is 1.31 bits per heavy atom. The number of piperidine rings is 1. The van der Waals surface area contributed by atoms with Gasteiger partial charge in [-0.15, -0.1) is 0 Å². The number of hydrogen-bond donors (Lipinski definition) is 1. The molecule has 1 heterocycles. The summed E-state index contributed by atoms with van der Waals surface area (Å²) < 4.78 is 0.